The fraction of sp³-hybridized carbons (Fsp3) is 0.111. The van der Waals surface area contributed by atoms with E-state index in [0.717, 1.165) is 16.0 Å². The summed E-state index contributed by atoms with van der Waals surface area (Å²) < 4.78 is 32.9. The van der Waals surface area contributed by atoms with Crippen LogP contribution < -0.4 is 9.46 Å². The lowest BCUT2D eigenvalue weighted by atomic mass is 10.1. The minimum atomic E-state index is -3.86. The van der Waals surface area contributed by atoms with Gasteiger partial charge in [0, 0.05) is 17.1 Å². The average molecular weight is 385 g/mol. The predicted molar refractivity (Wildman–Crippen MR) is 101 cm³/mol. The van der Waals surface area contributed by atoms with E-state index < -0.39 is 10.0 Å². The van der Waals surface area contributed by atoms with E-state index >= 15 is 0 Å². The number of nitrogens with one attached hydrogen (secondary N) is 1. The zero-order valence-electron chi connectivity index (χ0n) is 14.1. The second-order valence-electron chi connectivity index (χ2n) is 5.44. The number of aryl methyl sites for hydroxylation is 1. The van der Waals surface area contributed by atoms with Crippen molar-refractivity contribution in [1.29, 1.82) is 5.26 Å². The van der Waals surface area contributed by atoms with E-state index in [1.165, 1.54) is 30.7 Å². The van der Waals surface area contributed by atoms with Crippen molar-refractivity contribution in [2.45, 2.75) is 11.9 Å². The Morgan fingerprint density at radius 1 is 1.19 bits per heavy atom. The minimum absolute atomic E-state index is 0.121. The molecule has 0 saturated carbocycles. The lowest BCUT2D eigenvalue weighted by Crippen LogP contribution is -2.15. The van der Waals surface area contributed by atoms with Gasteiger partial charge in [-0.05, 0) is 42.3 Å². The molecule has 0 unspecified atom stereocenters. The van der Waals surface area contributed by atoms with Gasteiger partial charge in [0.05, 0.1) is 12.8 Å². The highest BCUT2D eigenvalue weighted by Gasteiger charge is 2.18. The van der Waals surface area contributed by atoms with Crippen molar-refractivity contribution >= 4 is 27.0 Å². The number of methoxy groups -OCH3 is 1. The first kappa shape index (κ1) is 17.9. The first-order valence-corrected chi connectivity index (χ1v) is 9.87. The summed E-state index contributed by atoms with van der Waals surface area (Å²) in [5.41, 5.74) is 2.06. The fourth-order valence-electron chi connectivity index (χ4n) is 2.30. The van der Waals surface area contributed by atoms with E-state index in [-0.39, 0.29) is 5.03 Å². The molecule has 0 fully saturated rings. The molecule has 0 bridgehead atoms. The monoisotopic (exact) mass is 385 g/mol. The molecule has 0 atom stereocenters. The number of pyridine rings is 1. The fourth-order valence-corrected chi connectivity index (χ4v) is 4.19. The van der Waals surface area contributed by atoms with Crippen LogP contribution in [0.1, 0.15) is 10.4 Å². The van der Waals surface area contributed by atoms with Gasteiger partial charge in [0.1, 0.15) is 16.7 Å². The number of hydrogen-bond acceptors (Lipinski definition) is 6. The van der Waals surface area contributed by atoms with Gasteiger partial charge in [-0.2, -0.15) is 13.7 Å². The summed E-state index contributed by atoms with van der Waals surface area (Å²) in [6.07, 6.45) is 1.38. The third-order valence-corrected chi connectivity index (χ3v) is 6.00. The molecule has 132 valence electrons. The van der Waals surface area contributed by atoms with Gasteiger partial charge < -0.3 is 4.74 Å². The Bertz CT molecular complexity index is 1100. The SMILES string of the molecule is COc1ccnc(S(=O)(=O)Nc2cc(-c3ccc(C#N)s3)ccc2C)c1. The molecule has 3 aromatic rings. The maximum atomic E-state index is 12.7. The Hall–Kier alpha value is -2.89. The van der Waals surface area contributed by atoms with E-state index in [1.807, 2.05) is 25.1 Å². The summed E-state index contributed by atoms with van der Waals surface area (Å²) in [7, 11) is -2.40. The Morgan fingerprint density at radius 2 is 2.00 bits per heavy atom. The molecule has 0 aliphatic carbocycles. The zero-order chi connectivity index (χ0) is 18.7. The molecule has 0 radical (unpaired) electrons. The summed E-state index contributed by atoms with van der Waals surface area (Å²) in [4.78, 5) is 5.41. The van der Waals surface area contributed by atoms with Crippen LogP contribution in [0.25, 0.3) is 10.4 Å². The standard InChI is InChI=1S/C18H15N3O3S2/c1-12-3-4-13(17-6-5-15(11-19)25-17)9-16(12)21-26(22,23)18-10-14(24-2)7-8-20-18/h3-10,21H,1-2H3. The maximum Gasteiger partial charge on any atom is 0.279 e. The van der Waals surface area contributed by atoms with E-state index in [0.29, 0.717) is 16.3 Å². The zero-order valence-corrected chi connectivity index (χ0v) is 15.7. The Morgan fingerprint density at radius 3 is 2.69 bits per heavy atom. The molecule has 0 aliphatic rings. The number of aromatic nitrogens is 1. The molecule has 0 saturated heterocycles. The highest BCUT2D eigenvalue weighted by atomic mass is 32.2. The van der Waals surface area contributed by atoms with Crippen molar-refractivity contribution in [1.82, 2.24) is 4.98 Å². The third-order valence-electron chi connectivity index (χ3n) is 3.70. The normalized spacial score (nSPS) is 11.0. The predicted octanol–water partition coefficient (Wildman–Crippen LogP) is 3.80. The topological polar surface area (TPSA) is 92.1 Å². The molecule has 8 heteroatoms. The summed E-state index contributed by atoms with van der Waals surface area (Å²) in [6, 6.07) is 14.1. The van der Waals surface area contributed by atoms with Gasteiger partial charge in [-0.15, -0.1) is 11.3 Å². The van der Waals surface area contributed by atoms with Crippen LogP contribution in [0.3, 0.4) is 0 Å². The van der Waals surface area contributed by atoms with Crippen LogP contribution in [0.2, 0.25) is 0 Å². The number of thiophene rings is 1. The van der Waals surface area contributed by atoms with Crippen LogP contribution in [0.15, 0.2) is 53.7 Å². The van der Waals surface area contributed by atoms with Crippen LogP contribution in [0, 0.1) is 18.3 Å². The molecule has 0 aliphatic heterocycles. The van der Waals surface area contributed by atoms with Crippen molar-refractivity contribution in [2.75, 3.05) is 11.8 Å². The summed E-state index contributed by atoms with van der Waals surface area (Å²) in [5, 5.41) is 8.85. The molecule has 6 nitrogen and oxygen atoms in total. The third kappa shape index (κ3) is 3.69. The highest BCUT2D eigenvalue weighted by molar-refractivity contribution is 7.92. The Balaban J connectivity index is 1.96. The Kier molecular flexibility index (Phi) is 4.93. The quantitative estimate of drug-likeness (QED) is 0.721. The number of ether oxygens (including phenoxy) is 1. The molecule has 3 rings (SSSR count). The van der Waals surface area contributed by atoms with Crippen molar-refractivity contribution in [2.24, 2.45) is 0 Å². The minimum Gasteiger partial charge on any atom is -0.497 e. The molecular formula is C18H15N3O3S2. The Labute approximate surface area is 155 Å². The molecule has 1 aromatic carbocycles. The lowest BCUT2D eigenvalue weighted by molar-refractivity contribution is 0.412. The first-order valence-electron chi connectivity index (χ1n) is 7.57. The van der Waals surface area contributed by atoms with E-state index in [1.54, 1.807) is 18.2 Å². The molecule has 0 amide bonds. The van der Waals surface area contributed by atoms with Gasteiger partial charge in [-0.3, -0.25) is 4.72 Å². The number of sulfonamides is 1. The number of hydrogen-bond donors (Lipinski definition) is 1. The number of anilines is 1. The van der Waals surface area contributed by atoms with Crippen molar-refractivity contribution in [3.8, 4) is 22.3 Å². The average Bonchev–Trinajstić information content (AvgIpc) is 3.12. The second-order valence-corrected chi connectivity index (χ2v) is 8.16. The first-order chi connectivity index (χ1) is 12.4. The van der Waals surface area contributed by atoms with Crippen LogP contribution in [-0.2, 0) is 10.0 Å². The van der Waals surface area contributed by atoms with Crippen molar-refractivity contribution < 1.29 is 13.2 Å². The van der Waals surface area contributed by atoms with Crippen molar-refractivity contribution in [3.63, 3.8) is 0 Å². The van der Waals surface area contributed by atoms with Crippen LogP contribution in [0.4, 0.5) is 5.69 Å². The van der Waals surface area contributed by atoms with Crippen LogP contribution in [-0.4, -0.2) is 20.5 Å². The summed E-state index contributed by atoms with van der Waals surface area (Å²) >= 11 is 1.35. The number of nitrogens with zero attached hydrogens (tertiary/aromatic N) is 2. The van der Waals surface area contributed by atoms with E-state index in [2.05, 4.69) is 15.8 Å². The smallest absolute Gasteiger partial charge is 0.279 e. The van der Waals surface area contributed by atoms with Crippen molar-refractivity contribution in [3.05, 3.63) is 59.1 Å². The van der Waals surface area contributed by atoms with E-state index in [9.17, 15) is 8.42 Å². The summed E-state index contributed by atoms with van der Waals surface area (Å²) in [6.45, 7) is 1.82. The molecule has 26 heavy (non-hydrogen) atoms. The van der Waals surface area contributed by atoms with E-state index in [4.69, 9.17) is 10.00 Å². The molecule has 2 aromatic heterocycles. The lowest BCUT2D eigenvalue weighted by Gasteiger charge is -2.12. The largest absolute Gasteiger partial charge is 0.497 e. The second kappa shape index (κ2) is 7.15. The molecule has 0 spiro atoms. The maximum absolute atomic E-state index is 12.7. The number of rotatable bonds is 5. The molecule has 2 heterocycles. The van der Waals surface area contributed by atoms with Crippen LogP contribution >= 0.6 is 11.3 Å². The number of nitriles is 1. The molecule has 1 N–H and O–H groups in total. The number of benzene rings is 1. The van der Waals surface area contributed by atoms with Crippen LogP contribution in [0.5, 0.6) is 5.75 Å². The summed E-state index contributed by atoms with van der Waals surface area (Å²) in [5.74, 6) is 0.411. The van der Waals surface area contributed by atoms with Gasteiger partial charge in [-0.25, -0.2) is 4.98 Å². The van der Waals surface area contributed by atoms with Gasteiger partial charge >= 0.3 is 0 Å². The molecular weight excluding hydrogens is 370 g/mol. The van der Waals surface area contributed by atoms with Gasteiger partial charge in [-0.1, -0.05) is 12.1 Å². The highest BCUT2D eigenvalue weighted by Crippen LogP contribution is 2.31. The van der Waals surface area contributed by atoms with Gasteiger partial charge in [0.15, 0.2) is 5.03 Å². The van der Waals surface area contributed by atoms with Gasteiger partial charge in [0.2, 0.25) is 0 Å². The van der Waals surface area contributed by atoms with Gasteiger partial charge in [0.25, 0.3) is 10.0 Å².